The number of para-hydroxylation sites is 1. The van der Waals surface area contributed by atoms with Crippen LogP contribution in [0.1, 0.15) is 16.7 Å². The predicted molar refractivity (Wildman–Crippen MR) is 110 cm³/mol. The van der Waals surface area contributed by atoms with Crippen molar-refractivity contribution in [3.8, 4) is 5.75 Å². The molecule has 0 unspecified atom stereocenters. The maximum Gasteiger partial charge on any atom is 0.422 e. The number of hydrogen-bond acceptors (Lipinski definition) is 3. The Morgan fingerprint density at radius 2 is 1.52 bits per heavy atom. The van der Waals surface area contributed by atoms with Gasteiger partial charge in [-0.1, -0.05) is 41.4 Å². The van der Waals surface area contributed by atoms with E-state index in [1.165, 1.54) is 12.1 Å². The predicted octanol–water partition coefficient (Wildman–Crippen LogP) is 7.59. The Bertz CT molecular complexity index is 1190. The molecule has 0 heterocycles. The topological polar surface area (TPSA) is 33.6 Å². The van der Waals surface area contributed by atoms with E-state index in [0.29, 0.717) is 15.6 Å². The molecule has 0 aliphatic rings. The molecule has 0 aromatic heterocycles. The quantitative estimate of drug-likeness (QED) is 0.160. The van der Waals surface area contributed by atoms with Crippen LogP contribution in [0, 0.1) is 23.3 Å². The maximum atomic E-state index is 13.9. The Morgan fingerprint density at radius 3 is 2.12 bits per heavy atom. The SMILES string of the molecule is Fc1c(F)c(C(F)(F)F)c(F)c(F)c1N/N=C/c1ccccc1OCc1ccc(Cl)c(Cl)c1. The third-order valence-corrected chi connectivity index (χ3v) is 4.96. The van der Waals surface area contributed by atoms with E-state index >= 15 is 0 Å². The van der Waals surface area contributed by atoms with Gasteiger partial charge in [0.1, 0.15) is 23.6 Å². The van der Waals surface area contributed by atoms with Gasteiger partial charge in [-0.05, 0) is 29.8 Å². The molecule has 0 saturated carbocycles. The van der Waals surface area contributed by atoms with E-state index in [0.717, 1.165) is 6.21 Å². The zero-order valence-electron chi connectivity index (χ0n) is 16.1. The number of rotatable bonds is 6. The highest BCUT2D eigenvalue weighted by Gasteiger charge is 2.42. The van der Waals surface area contributed by atoms with Gasteiger partial charge in [0.25, 0.3) is 0 Å². The number of halogens is 9. The van der Waals surface area contributed by atoms with Gasteiger partial charge in [-0.2, -0.15) is 18.3 Å². The van der Waals surface area contributed by atoms with Crippen molar-refractivity contribution in [2.45, 2.75) is 12.8 Å². The summed E-state index contributed by atoms with van der Waals surface area (Å²) in [6.45, 7) is 0.0632. The molecule has 0 amide bonds. The van der Waals surface area contributed by atoms with Crippen molar-refractivity contribution in [2.24, 2.45) is 5.10 Å². The average Bonchev–Trinajstić information content (AvgIpc) is 2.75. The van der Waals surface area contributed by atoms with Crippen LogP contribution >= 0.6 is 23.2 Å². The number of anilines is 1. The van der Waals surface area contributed by atoms with Crippen LogP contribution in [0.25, 0.3) is 0 Å². The van der Waals surface area contributed by atoms with Crippen LogP contribution in [-0.2, 0) is 12.8 Å². The third-order valence-electron chi connectivity index (χ3n) is 4.22. The van der Waals surface area contributed by atoms with Crippen molar-refractivity contribution >= 4 is 35.1 Å². The molecule has 0 aliphatic carbocycles. The first-order valence-electron chi connectivity index (χ1n) is 8.88. The number of nitrogens with zero attached hydrogens (tertiary/aromatic N) is 1. The summed E-state index contributed by atoms with van der Waals surface area (Å²) >= 11 is 11.8. The van der Waals surface area contributed by atoms with Crippen LogP contribution in [0.4, 0.5) is 36.4 Å². The summed E-state index contributed by atoms with van der Waals surface area (Å²) in [5.74, 6) is -9.47. The molecule has 3 aromatic carbocycles. The molecular weight excluding hydrogens is 500 g/mol. The Hall–Kier alpha value is -2.98. The molecule has 0 fully saturated rings. The lowest BCUT2D eigenvalue weighted by molar-refractivity contribution is -0.143. The van der Waals surface area contributed by atoms with Crippen LogP contribution in [0.2, 0.25) is 10.0 Å². The lowest BCUT2D eigenvalue weighted by Gasteiger charge is -2.13. The fourth-order valence-electron chi connectivity index (χ4n) is 2.65. The molecular formula is C21H11Cl2F7N2O. The fourth-order valence-corrected chi connectivity index (χ4v) is 2.97. The van der Waals surface area contributed by atoms with Gasteiger partial charge in [0.2, 0.25) is 0 Å². The Kier molecular flexibility index (Phi) is 7.38. The molecule has 0 spiro atoms. The van der Waals surface area contributed by atoms with Gasteiger partial charge in [0.15, 0.2) is 23.3 Å². The summed E-state index contributed by atoms with van der Waals surface area (Å²) in [4.78, 5) is 0. The van der Waals surface area contributed by atoms with E-state index in [2.05, 4.69) is 5.10 Å². The summed E-state index contributed by atoms with van der Waals surface area (Å²) in [6.07, 6.45) is -4.64. The number of hydrazone groups is 1. The van der Waals surface area contributed by atoms with E-state index in [1.54, 1.807) is 35.8 Å². The van der Waals surface area contributed by atoms with E-state index in [9.17, 15) is 30.7 Å². The van der Waals surface area contributed by atoms with Gasteiger partial charge in [-0.3, -0.25) is 5.43 Å². The normalized spacial score (nSPS) is 11.8. The van der Waals surface area contributed by atoms with Gasteiger partial charge >= 0.3 is 6.18 Å². The molecule has 3 nitrogen and oxygen atoms in total. The first kappa shape index (κ1) is 24.7. The molecule has 0 aliphatic heterocycles. The molecule has 0 atom stereocenters. The van der Waals surface area contributed by atoms with Crippen molar-refractivity contribution in [1.29, 1.82) is 0 Å². The standard InChI is InChI=1S/C21H11Cl2F7N2O/c22-12-6-5-10(7-13(12)23)9-33-14-4-2-1-3-11(14)8-31-32-20-18(26)16(24)15(21(28,29)30)17(25)19(20)27/h1-8,32H,9H2/b31-8+. The van der Waals surface area contributed by atoms with Crippen molar-refractivity contribution < 1.29 is 35.5 Å². The number of benzene rings is 3. The van der Waals surface area contributed by atoms with Crippen molar-refractivity contribution in [3.05, 3.63) is 92.5 Å². The van der Waals surface area contributed by atoms with Gasteiger partial charge in [-0.25, -0.2) is 17.6 Å². The van der Waals surface area contributed by atoms with Crippen LogP contribution < -0.4 is 10.2 Å². The largest absolute Gasteiger partial charge is 0.488 e. The van der Waals surface area contributed by atoms with Crippen LogP contribution in [-0.4, -0.2) is 6.21 Å². The van der Waals surface area contributed by atoms with Gasteiger partial charge < -0.3 is 4.74 Å². The zero-order valence-corrected chi connectivity index (χ0v) is 17.6. The van der Waals surface area contributed by atoms with Gasteiger partial charge in [0, 0.05) is 5.56 Å². The highest BCUT2D eigenvalue weighted by molar-refractivity contribution is 6.42. The molecule has 33 heavy (non-hydrogen) atoms. The second kappa shape index (κ2) is 9.88. The van der Waals surface area contributed by atoms with E-state index in [1.807, 2.05) is 0 Å². The van der Waals surface area contributed by atoms with Crippen molar-refractivity contribution in [2.75, 3.05) is 5.43 Å². The molecule has 0 radical (unpaired) electrons. The Balaban J connectivity index is 1.81. The van der Waals surface area contributed by atoms with E-state index in [4.69, 9.17) is 27.9 Å². The third kappa shape index (κ3) is 5.51. The number of hydrogen-bond donors (Lipinski definition) is 1. The zero-order chi connectivity index (χ0) is 24.3. The molecule has 3 aromatic rings. The summed E-state index contributed by atoms with van der Waals surface area (Å²) < 4.78 is 98.9. The minimum atomic E-state index is -5.64. The first-order chi connectivity index (χ1) is 15.5. The second-order valence-electron chi connectivity index (χ2n) is 6.45. The van der Waals surface area contributed by atoms with Crippen LogP contribution in [0.15, 0.2) is 47.6 Å². The molecule has 1 N–H and O–H groups in total. The smallest absolute Gasteiger partial charge is 0.422 e. The number of nitrogens with one attached hydrogen (secondary N) is 1. The number of ether oxygens (including phenoxy) is 1. The Labute approximate surface area is 192 Å². The highest BCUT2D eigenvalue weighted by atomic mass is 35.5. The van der Waals surface area contributed by atoms with Crippen molar-refractivity contribution in [3.63, 3.8) is 0 Å². The molecule has 0 saturated heterocycles. The summed E-state index contributed by atoms with van der Waals surface area (Å²) in [5, 5.41) is 4.13. The fraction of sp³-hybridized carbons (Fsp3) is 0.0952. The van der Waals surface area contributed by atoms with E-state index in [-0.39, 0.29) is 17.9 Å². The molecule has 174 valence electrons. The average molecular weight is 511 g/mol. The molecule has 12 heteroatoms. The Morgan fingerprint density at radius 1 is 0.879 bits per heavy atom. The minimum absolute atomic E-state index is 0.0632. The highest BCUT2D eigenvalue weighted by Crippen LogP contribution is 2.38. The van der Waals surface area contributed by atoms with E-state index < -0.39 is 40.7 Å². The summed E-state index contributed by atoms with van der Waals surface area (Å²) in [5.41, 5.74) is -1.56. The number of alkyl halides is 3. The van der Waals surface area contributed by atoms with Crippen LogP contribution in [0.3, 0.4) is 0 Å². The summed E-state index contributed by atoms with van der Waals surface area (Å²) in [6, 6.07) is 11.1. The molecule has 0 bridgehead atoms. The van der Waals surface area contributed by atoms with Crippen LogP contribution in [0.5, 0.6) is 5.75 Å². The maximum absolute atomic E-state index is 13.9. The van der Waals surface area contributed by atoms with Gasteiger partial charge in [0.05, 0.1) is 16.3 Å². The lowest BCUT2D eigenvalue weighted by atomic mass is 10.1. The van der Waals surface area contributed by atoms with Gasteiger partial charge in [-0.15, -0.1) is 0 Å². The van der Waals surface area contributed by atoms with Crippen molar-refractivity contribution in [1.82, 2.24) is 0 Å². The minimum Gasteiger partial charge on any atom is -0.488 e. The molecule has 3 rings (SSSR count). The monoisotopic (exact) mass is 510 g/mol. The lowest BCUT2D eigenvalue weighted by Crippen LogP contribution is -2.16. The first-order valence-corrected chi connectivity index (χ1v) is 9.64. The summed E-state index contributed by atoms with van der Waals surface area (Å²) in [7, 11) is 0. The second-order valence-corrected chi connectivity index (χ2v) is 7.26.